The Labute approximate surface area is 176 Å². The second-order valence-corrected chi connectivity index (χ2v) is 8.71. The van der Waals surface area contributed by atoms with Gasteiger partial charge in [-0.2, -0.15) is 13.9 Å². The lowest BCUT2D eigenvalue weighted by molar-refractivity contribution is -0.118. The molecule has 1 aliphatic rings. The van der Waals surface area contributed by atoms with Gasteiger partial charge in [0.2, 0.25) is 5.91 Å². The molecule has 0 bridgehead atoms. The first-order valence-corrected chi connectivity index (χ1v) is 10.6. The van der Waals surface area contributed by atoms with E-state index in [0.717, 1.165) is 16.8 Å². The van der Waals surface area contributed by atoms with Crippen molar-refractivity contribution in [1.82, 2.24) is 5.32 Å². The zero-order valence-corrected chi connectivity index (χ0v) is 17.5. The van der Waals surface area contributed by atoms with Gasteiger partial charge in [0, 0.05) is 24.7 Å². The summed E-state index contributed by atoms with van der Waals surface area (Å²) in [5, 5.41) is 11.0. The molecule has 29 heavy (non-hydrogen) atoms. The standard InChI is InChI=1S/C20H20F2N4OS2/c1-26(2)15-7-3-14(4-8-15)12-23-25-20-24-18(27)17(29-20)11-13-5-9-16(10-6-13)28-19(21)22/h3-10,12,17,19H,11H2,1-2H3,(H,24,25,27)/b23-12-/t17-/m1/s1. The summed E-state index contributed by atoms with van der Waals surface area (Å²) in [7, 11) is 3.95. The predicted octanol–water partition coefficient (Wildman–Crippen LogP) is 4.23. The largest absolute Gasteiger partial charge is 0.378 e. The molecule has 1 heterocycles. The molecule has 0 aliphatic carbocycles. The van der Waals surface area contributed by atoms with Gasteiger partial charge in [0.1, 0.15) is 0 Å². The molecule has 1 amide bonds. The van der Waals surface area contributed by atoms with E-state index in [4.69, 9.17) is 0 Å². The van der Waals surface area contributed by atoms with Gasteiger partial charge in [0.05, 0.1) is 11.5 Å². The van der Waals surface area contributed by atoms with E-state index >= 15 is 0 Å². The zero-order chi connectivity index (χ0) is 20.8. The molecule has 0 saturated carbocycles. The maximum atomic E-state index is 12.4. The smallest absolute Gasteiger partial charge is 0.288 e. The molecule has 2 aromatic rings. The summed E-state index contributed by atoms with van der Waals surface area (Å²) in [6.07, 6.45) is 2.12. The van der Waals surface area contributed by atoms with Gasteiger partial charge in [-0.1, -0.05) is 47.8 Å². The van der Waals surface area contributed by atoms with Crippen molar-refractivity contribution in [3.05, 3.63) is 59.7 Å². The molecule has 1 fully saturated rings. The number of carbonyl (C=O) groups is 1. The van der Waals surface area contributed by atoms with Crippen LogP contribution in [0.2, 0.25) is 0 Å². The van der Waals surface area contributed by atoms with Crippen molar-refractivity contribution in [2.24, 2.45) is 10.2 Å². The maximum absolute atomic E-state index is 12.4. The summed E-state index contributed by atoms with van der Waals surface area (Å²) in [6, 6.07) is 14.7. The number of anilines is 1. The number of carbonyl (C=O) groups excluding carboxylic acids is 1. The van der Waals surface area contributed by atoms with E-state index in [9.17, 15) is 13.6 Å². The van der Waals surface area contributed by atoms with Crippen LogP contribution < -0.4 is 10.2 Å². The van der Waals surface area contributed by atoms with E-state index in [-0.39, 0.29) is 11.2 Å². The number of halogens is 2. The number of hydrogen-bond donors (Lipinski definition) is 1. The molecule has 1 saturated heterocycles. The van der Waals surface area contributed by atoms with Crippen LogP contribution in [0.5, 0.6) is 0 Å². The minimum Gasteiger partial charge on any atom is -0.378 e. The van der Waals surface area contributed by atoms with E-state index in [1.165, 1.54) is 11.8 Å². The quantitative estimate of drug-likeness (QED) is 0.403. The molecule has 9 heteroatoms. The van der Waals surface area contributed by atoms with Crippen molar-refractivity contribution in [2.75, 3.05) is 19.0 Å². The van der Waals surface area contributed by atoms with Crippen LogP contribution in [0.25, 0.3) is 0 Å². The summed E-state index contributed by atoms with van der Waals surface area (Å²) in [4.78, 5) is 14.7. The Balaban J connectivity index is 1.56. The highest BCUT2D eigenvalue weighted by atomic mass is 32.2. The zero-order valence-electron chi connectivity index (χ0n) is 15.9. The fourth-order valence-corrected chi connectivity index (χ4v) is 4.08. The van der Waals surface area contributed by atoms with Crippen LogP contribution in [0.4, 0.5) is 14.5 Å². The van der Waals surface area contributed by atoms with Crippen LogP contribution in [-0.4, -0.2) is 42.4 Å². The number of hydrogen-bond acceptors (Lipinski definition) is 6. The van der Waals surface area contributed by atoms with Crippen LogP contribution in [-0.2, 0) is 11.2 Å². The molecular formula is C20H20F2N4OS2. The third-order valence-electron chi connectivity index (χ3n) is 4.11. The first-order valence-electron chi connectivity index (χ1n) is 8.80. The Morgan fingerprint density at radius 2 is 1.86 bits per heavy atom. The van der Waals surface area contributed by atoms with Crippen molar-refractivity contribution in [3.63, 3.8) is 0 Å². The van der Waals surface area contributed by atoms with Gasteiger partial charge >= 0.3 is 0 Å². The first-order chi connectivity index (χ1) is 13.9. The Kier molecular flexibility index (Phi) is 7.27. The molecular weight excluding hydrogens is 414 g/mol. The van der Waals surface area contributed by atoms with Crippen molar-refractivity contribution in [1.29, 1.82) is 0 Å². The number of amides is 1. The summed E-state index contributed by atoms with van der Waals surface area (Å²) in [5.74, 6) is -2.58. The van der Waals surface area contributed by atoms with Crippen LogP contribution in [0.1, 0.15) is 11.1 Å². The SMILES string of the molecule is CN(C)c1ccc(/C=N\N=C2\NC(=O)[C@@H](Cc3ccc(SC(F)F)cc3)S2)cc1. The van der Waals surface area contributed by atoms with Gasteiger partial charge in [-0.05, 0) is 41.8 Å². The Morgan fingerprint density at radius 1 is 1.17 bits per heavy atom. The van der Waals surface area contributed by atoms with E-state index in [2.05, 4.69) is 15.5 Å². The Morgan fingerprint density at radius 3 is 2.48 bits per heavy atom. The molecule has 0 spiro atoms. The fraction of sp³-hybridized carbons (Fsp3) is 0.250. The van der Waals surface area contributed by atoms with E-state index < -0.39 is 5.76 Å². The summed E-state index contributed by atoms with van der Waals surface area (Å²) >= 11 is 1.82. The molecule has 3 rings (SSSR count). The second kappa shape index (κ2) is 9.89. The van der Waals surface area contributed by atoms with Gasteiger partial charge in [0.15, 0.2) is 5.17 Å². The second-order valence-electron chi connectivity index (χ2n) is 6.46. The lowest BCUT2D eigenvalue weighted by Crippen LogP contribution is -2.25. The Bertz CT molecular complexity index is 900. The molecule has 0 radical (unpaired) electrons. The third kappa shape index (κ3) is 6.30. The van der Waals surface area contributed by atoms with Gasteiger partial charge in [-0.25, -0.2) is 0 Å². The number of rotatable bonds is 7. The van der Waals surface area contributed by atoms with Crippen molar-refractivity contribution >= 4 is 46.5 Å². The highest BCUT2D eigenvalue weighted by Gasteiger charge is 2.30. The molecule has 0 aromatic heterocycles. The molecule has 2 aromatic carbocycles. The number of nitrogens with one attached hydrogen (secondary N) is 1. The van der Waals surface area contributed by atoms with E-state index in [0.29, 0.717) is 28.2 Å². The molecule has 0 unspecified atom stereocenters. The normalized spacial score (nSPS) is 18.0. The topological polar surface area (TPSA) is 57.1 Å². The van der Waals surface area contributed by atoms with Gasteiger partial charge < -0.3 is 10.2 Å². The van der Waals surface area contributed by atoms with Crippen LogP contribution >= 0.6 is 23.5 Å². The minimum absolute atomic E-state index is 0.134. The fourth-order valence-electron chi connectivity index (χ4n) is 2.61. The lowest BCUT2D eigenvalue weighted by Gasteiger charge is -2.11. The maximum Gasteiger partial charge on any atom is 0.288 e. The third-order valence-corrected chi connectivity index (χ3v) is 5.91. The van der Waals surface area contributed by atoms with Crippen LogP contribution in [0, 0.1) is 0 Å². The average Bonchev–Trinajstić information content (AvgIpc) is 3.02. The molecule has 5 nitrogen and oxygen atoms in total. The number of nitrogens with zero attached hydrogens (tertiary/aromatic N) is 3. The van der Waals surface area contributed by atoms with E-state index in [1.807, 2.05) is 43.3 Å². The molecule has 1 N–H and O–H groups in total. The first kappa shape index (κ1) is 21.3. The highest BCUT2D eigenvalue weighted by molar-refractivity contribution is 8.15. The highest BCUT2D eigenvalue weighted by Crippen LogP contribution is 2.27. The summed E-state index contributed by atoms with van der Waals surface area (Å²) in [5.41, 5.74) is 2.91. The average molecular weight is 435 g/mol. The van der Waals surface area contributed by atoms with Crippen molar-refractivity contribution in [2.45, 2.75) is 22.3 Å². The van der Waals surface area contributed by atoms with Crippen molar-refractivity contribution in [3.8, 4) is 0 Å². The van der Waals surface area contributed by atoms with Crippen molar-refractivity contribution < 1.29 is 13.6 Å². The number of amidine groups is 1. The number of thioether (sulfide) groups is 2. The minimum atomic E-state index is -2.44. The number of benzene rings is 2. The number of alkyl halides is 2. The lowest BCUT2D eigenvalue weighted by atomic mass is 10.1. The van der Waals surface area contributed by atoms with Crippen LogP contribution in [0.3, 0.4) is 0 Å². The molecule has 1 atom stereocenters. The van der Waals surface area contributed by atoms with Gasteiger partial charge in [0.25, 0.3) is 5.76 Å². The predicted molar refractivity (Wildman–Crippen MR) is 117 cm³/mol. The summed E-state index contributed by atoms with van der Waals surface area (Å²) in [6.45, 7) is 0. The van der Waals surface area contributed by atoms with Crippen LogP contribution in [0.15, 0.2) is 63.6 Å². The molecule has 1 aliphatic heterocycles. The van der Waals surface area contributed by atoms with E-state index in [1.54, 1.807) is 30.5 Å². The van der Waals surface area contributed by atoms with Gasteiger partial charge in [-0.3, -0.25) is 4.79 Å². The van der Waals surface area contributed by atoms with Gasteiger partial charge in [-0.15, -0.1) is 5.10 Å². The molecule has 152 valence electrons. The Hall–Kier alpha value is -2.39. The monoisotopic (exact) mass is 434 g/mol. The summed E-state index contributed by atoms with van der Waals surface area (Å²) < 4.78 is 24.8.